The van der Waals surface area contributed by atoms with E-state index in [9.17, 15) is 19.6 Å². The van der Waals surface area contributed by atoms with Crippen LogP contribution < -0.4 is 10.6 Å². The molecule has 0 radical (unpaired) electrons. The number of nitrogens with two attached hydrogens (primary N) is 1. The first-order valence-electron chi connectivity index (χ1n) is 10.6. The van der Waals surface area contributed by atoms with Gasteiger partial charge in [0.2, 0.25) is 17.7 Å². The number of primary amides is 1. The van der Waals surface area contributed by atoms with Crippen LogP contribution in [0.1, 0.15) is 36.5 Å². The van der Waals surface area contributed by atoms with Crippen molar-refractivity contribution in [1.82, 2.24) is 9.80 Å². The van der Waals surface area contributed by atoms with Gasteiger partial charge in [0.1, 0.15) is 6.04 Å². The Hall–Kier alpha value is -2.92. The maximum Gasteiger partial charge on any atom is 0.248 e. The highest BCUT2D eigenvalue weighted by Gasteiger charge is 2.55. The molecule has 1 aliphatic carbocycles. The molecule has 8 nitrogen and oxygen atoms in total. The molecule has 6 atom stereocenters. The SMILES string of the molecule is C[C@@H](CN1C[C@@H]2C[C@H]1C(=O)N2c1ccc(C(N)=O)cc1)C(=O)N1C2C[C@H]2C[C@H]1C#N. The Morgan fingerprint density at radius 2 is 1.97 bits per heavy atom. The molecule has 4 aliphatic rings. The number of hydrogen-bond acceptors (Lipinski definition) is 5. The zero-order valence-electron chi connectivity index (χ0n) is 16.9. The van der Waals surface area contributed by atoms with Gasteiger partial charge in [-0.15, -0.1) is 0 Å². The number of anilines is 1. The van der Waals surface area contributed by atoms with Crippen molar-refractivity contribution in [2.24, 2.45) is 17.6 Å². The van der Waals surface area contributed by atoms with E-state index in [4.69, 9.17) is 5.73 Å². The van der Waals surface area contributed by atoms with E-state index in [-0.39, 0.29) is 41.9 Å². The predicted octanol–water partition coefficient (Wildman–Crippen LogP) is 0.724. The summed E-state index contributed by atoms with van der Waals surface area (Å²) < 4.78 is 0. The largest absolute Gasteiger partial charge is 0.366 e. The lowest BCUT2D eigenvalue weighted by Gasteiger charge is -2.35. The highest BCUT2D eigenvalue weighted by atomic mass is 16.2. The number of piperidine rings is 1. The number of carbonyl (C=O) groups is 3. The van der Waals surface area contributed by atoms with Gasteiger partial charge >= 0.3 is 0 Å². The first-order valence-corrected chi connectivity index (χ1v) is 10.6. The van der Waals surface area contributed by atoms with E-state index in [1.165, 1.54) is 0 Å². The van der Waals surface area contributed by atoms with Crippen LogP contribution in [0.25, 0.3) is 0 Å². The second kappa shape index (κ2) is 6.81. The number of amides is 3. The quantitative estimate of drug-likeness (QED) is 0.773. The molecule has 8 heteroatoms. The molecule has 2 bridgehead atoms. The van der Waals surface area contributed by atoms with Crippen molar-refractivity contribution in [2.45, 2.75) is 50.4 Å². The molecule has 1 unspecified atom stereocenters. The summed E-state index contributed by atoms with van der Waals surface area (Å²) in [4.78, 5) is 43.0. The van der Waals surface area contributed by atoms with E-state index in [1.54, 1.807) is 34.1 Å². The van der Waals surface area contributed by atoms with Crippen molar-refractivity contribution < 1.29 is 14.4 Å². The van der Waals surface area contributed by atoms with E-state index >= 15 is 0 Å². The third kappa shape index (κ3) is 2.88. The zero-order valence-corrected chi connectivity index (χ0v) is 16.9. The molecule has 3 saturated heterocycles. The Balaban J connectivity index is 1.24. The molecule has 3 amide bonds. The molecule has 5 rings (SSSR count). The van der Waals surface area contributed by atoms with E-state index < -0.39 is 5.91 Å². The monoisotopic (exact) mass is 407 g/mol. The van der Waals surface area contributed by atoms with Crippen LogP contribution in [0.4, 0.5) is 5.69 Å². The normalized spacial score (nSPS) is 32.8. The van der Waals surface area contributed by atoms with Gasteiger partial charge in [-0.2, -0.15) is 5.26 Å². The van der Waals surface area contributed by atoms with Gasteiger partial charge in [0.05, 0.1) is 18.2 Å². The Morgan fingerprint density at radius 3 is 2.60 bits per heavy atom. The number of piperazine rings is 1. The van der Waals surface area contributed by atoms with Crippen LogP contribution in [0.15, 0.2) is 24.3 Å². The van der Waals surface area contributed by atoms with Gasteiger partial charge in [-0.3, -0.25) is 19.3 Å². The van der Waals surface area contributed by atoms with Gasteiger partial charge in [0, 0.05) is 36.3 Å². The molecule has 4 fully saturated rings. The lowest BCUT2D eigenvalue weighted by atomic mass is 10.1. The summed E-state index contributed by atoms with van der Waals surface area (Å²) in [5.74, 6) is -0.146. The number of likely N-dealkylation sites (tertiary alicyclic amines) is 2. The maximum atomic E-state index is 13.0. The highest BCUT2D eigenvalue weighted by Crippen LogP contribution is 2.48. The molecule has 30 heavy (non-hydrogen) atoms. The van der Waals surface area contributed by atoms with Crippen LogP contribution in [0.5, 0.6) is 0 Å². The molecule has 3 aliphatic heterocycles. The summed E-state index contributed by atoms with van der Waals surface area (Å²) in [6.07, 6.45) is 2.57. The van der Waals surface area contributed by atoms with E-state index in [1.807, 2.05) is 6.92 Å². The Kier molecular flexibility index (Phi) is 4.33. The fourth-order valence-electron chi connectivity index (χ4n) is 5.56. The van der Waals surface area contributed by atoms with Gasteiger partial charge in [0.25, 0.3) is 0 Å². The summed E-state index contributed by atoms with van der Waals surface area (Å²) in [7, 11) is 0. The van der Waals surface area contributed by atoms with Crippen LogP contribution in [0.2, 0.25) is 0 Å². The highest BCUT2D eigenvalue weighted by molar-refractivity contribution is 6.02. The topological polar surface area (TPSA) is 111 Å². The minimum Gasteiger partial charge on any atom is -0.366 e. The average molecular weight is 407 g/mol. The van der Waals surface area contributed by atoms with Crippen LogP contribution in [-0.2, 0) is 9.59 Å². The Labute approximate surface area is 175 Å². The fourth-order valence-corrected chi connectivity index (χ4v) is 5.56. The number of rotatable bonds is 5. The second-order valence-corrected chi connectivity index (χ2v) is 9.07. The van der Waals surface area contributed by atoms with Crippen molar-refractivity contribution in [3.8, 4) is 6.07 Å². The van der Waals surface area contributed by atoms with E-state index in [0.717, 1.165) is 31.5 Å². The standard InChI is InChI=1S/C22H25N5O3/c1-12(21(29)27-16(9-23)6-14-7-18(14)27)10-25-11-17-8-19(25)22(30)26(17)15-4-2-13(3-5-15)20(24)28/h2-5,12,14,16-19H,6-8,10-11H2,1H3,(H2,24,28)/t12-,14+,16-,17-,18?,19-/m0/s1. The molecule has 0 spiro atoms. The molecule has 1 saturated carbocycles. The first-order chi connectivity index (χ1) is 14.4. The van der Waals surface area contributed by atoms with Crippen molar-refractivity contribution in [3.63, 3.8) is 0 Å². The number of benzene rings is 1. The zero-order chi connectivity index (χ0) is 21.2. The molecule has 3 heterocycles. The molecule has 1 aromatic carbocycles. The van der Waals surface area contributed by atoms with Gasteiger partial charge in [0.15, 0.2) is 0 Å². The molecule has 2 N–H and O–H groups in total. The third-order valence-electron chi connectivity index (χ3n) is 7.14. The molecular weight excluding hydrogens is 382 g/mol. The molecule has 1 aromatic rings. The van der Waals surface area contributed by atoms with E-state index in [0.29, 0.717) is 18.0 Å². The molecule has 156 valence electrons. The second-order valence-electron chi connectivity index (χ2n) is 9.07. The minimum absolute atomic E-state index is 0.0380. The smallest absolute Gasteiger partial charge is 0.248 e. The van der Waals surface area contributed by atoms with Crippen LogP contribution in [-0.4, -0.2) is 64.8 Å². The number of hydrogen-bond donors (Lipinski definition) is 1. The van der Waals surface area contributed by atoms with Crippen LogP contribution in [0.3, 0.4) is 0 Å². The Bertz CT molecular complexity index is 955. The number of nitrogens with zero attached hydrogens (tertiary/aromatic N) is 4. The van der Waals surface area contributed by atoms with Crippen molar-refractivity contribution >= 4 is 23.4 Å². The number of fused-ring (bicyclic) bond motifs is 3. The third-order valence-corrected chi connectivity index (χ3v) is 7.14. The van der Waals surface area contributed by atoms with Crippen LogP contribution >= 0.6 is 0 Å². The lowest BCUT2D eigenvalue weighted by molar-refractivity contribution is -0.137. The summed E-state index contributed by atoms with van der Waals surface area (Å²) in [5.41, 5.74) is 6.48. The van der Waals surface area contributed by atoms with E-state index in [2.05, 4.69) is 11.0 Å². The predicted molar refractivity (Wildman–Crippen MR) is 108 cm³/mol. The first kappa shape index (κ1) is 19.1. The summed E-state index contributed by atoms with van der Waals surface area (Å²) in [6.45, 7) is 3.16. The lowest BCUT2D eigenvalue weighted by Crippen LogP contribution is -2.53. The van der Waals surface area contributed by atoms with Crippen LogP contribution in [0, 0.1) is 23.2 Å². The average Bonchev–Trinajstić information content (AvgIpc) is 3.07. The van der Waals surface area contributed by atoms with Crippen molar-refractivity contribution in [2.75, 3.05) is 18.0 Å². The van der Waals surface area contributed by atoms with Crippen molar-refractivity contribution in [3.05, 3.63) is 29.8 Å². The number of nitriles is 1. The number of carbonyl (C=O) groups excluding carboxylic acids is 3. The maximum absolute atomic E-state index is 13.0. The van der Waals surface area contributed by atoms with Gasteiger partial charge in [-0.05, 0) is 49.4 Å². The van der Waals surface area contributed by atoms with Gasteiger partial charge < -0.3 is 15.5 Å². The van der Waals surface area contributed by atoms with Gasteiger partial charge in [-0.25, -0.2) is 0 Å². The fraction of sp³-hybridized carbons (Fsp3) is 0.545. The van der Waals surface area contributed by atoms with Crippen molar-refractivity contribution in [1.29, 1.82) is 5.26 Å². The van der Waals surface area contributed by atoms with Gasteiger partial charge in [-0.1, -0.05) is 6.92 Å². The summed E-state index contributed by atoms with van der Waals surface area (Å²) in [6, 6.07) is 8.88. The summed E-state index contributed by atoms with van der Waals surface area (Å²) >= 11 is 0. The molecular formula is C22H25N5O3. The molecule has 0 aromatic heterocycles. The Morgan fingerprint density at radius 1 is 1.23 bits per heavy atom. The summed E-state index contributed by atoms with van der Waals surface area (Å²) in [5, 5.41) is 9.37. The minimum atomic E-state index is -0.491.